The Bertz CT molecular complexity index is 873. The van der Waals surface area contributed by atoms with Gasteiger partial charge in [-0.05, 0) is 56.0 Å². The molecule has 4 rings (SSSR count). The van der Waals surface area contributed by atoms with E-state index < -0.39 is 0 Å². The number of amides is 1. The smallest absolute Gasteiger partial charge is 0.253 e. The van der Waals surface area contributed by atoms with Gasteiger partial charge >= 0.3 is 0 Å². The molecule has 0 aromatic heterocycles. The van der Waals surface area contributed by atoms with E-state index in [9.17, 15) is 9.18 Å². The Morgan fingerprint density at radius 3 is 2.52 bits per heavy atom. The number of hydrogen-bond donors (Lipinski definition) is 1. The normalized spacial score (nSPS) is 26.3. The zero-order valence-corrected chi connectivity index (χ0v) is 17.3. The molecule has 0 unspecified atom stereocenters. The van der Waals surface area contributed by atoms with E-state index in [0.717, 1.165) is 62.4 Å². The molecule has 1 aromatic rings. The summed E-state index contributed by atoms with van der Waals surface area (Å²) < 4.78 is 18.8. The molecular formula is C24H29FN2O2. The van der Waals surface area contributed by atoms with Crippen molar-refractivity contribution in [1.82, 2.24) is 10.2 Å². The summed E-state index contributed by atoms with van der Waals surface area (Å²) in [5.41, 5.74) is 3.71. The maximum Gasteiger partial charge on any atom is 0.253 e. The van der Waals surface area contributed by atoms with Crippen LogP contribution in [0, 0.1) is 11.2 Å². The van der Waals surface area contributed by atoms with Crippen molar-refractivity contribution in [2.24, 2.45) is 5.41 Å². The predicted octanol–water partition coefficient (Wildman–Crippen LogP) is 4.06. The highest BCUT2D eigenvalue weighted by atomic mass is 19.1. The number of nitrogens with one attached hydrogen (secondary N) is 1. The standard InChI is InChI=1S/C24H29FN2O2/c1-4-18(22(28)27-15-24(16-27)9-11-29-12-10-24)13-19-14-23(3,26-17(19)2)20-5-7-21(25)8-6-20/h4-8,13,26H,1,9-12,14-16H2,2-3H3/b18-13+/t23-/m1/s1. The summed E-state index contributed by atoms with van der Waals surface area (Å²) in [6, 6.07) is 6.60. The van der Waals surface area contributed by atoms with Gasteiger partial charge in [-0.15, -0.1) is 0 Å². The van der Waals surface area contributed by atoms with Gasteiger partial charge in [-0.2, -0.15) is 0 Å². The maximum absolute atomic E-state index is 13.3. The lowest BCUT2D eigenvalue weighted by Crippen LogP contribution is -2.60. The van der Waals surface area contributed by atoms with Crippen LogP contribution in [-0.4, -0.2) is 37.1 Å². The van der Waals surface area contributed by atoms with E-state index in [1.807, 2.05) is 30.0 Å². The number of benzene rings is 1. The predicted molar refractivity (Wildman–Crippen MR) is 112 cm³/mol. The van der Waals surface area contributed by atoms with Gasteiger partial charge in [-0.1, -0.05) is 24.8 Å². The fourth-order valence-corrected chi connectivity index (χ4v) is 4.81. The van der Waals surface area contributed by atoms with E-state index >= 15 is 0 Å². The van der Waals surface area contributed by atoms with Gasteiger partial charge in [0.2, 0.25) is 0 Å². The van der Waals surface area contributed by atoms with Crippen LogP contribution in [-0.2, 0) is 15.1 Å². The Kier molecular flexibility index (Phi) is 5.11. The maximum atomic E-state index is 13.3. The SMILES string of the molecule is C=C/C(=C\C1=C(C)N[C@@](C)(c2ccc(F)cc2)C1)C(=O)N1CC2(CCOCC2)C1. The number of hydrogen-bond acceptors (Lipinski definition) is 3. The van der Waals surface area contributed by atoms with Gasteiger partial charge in [-0.3, -0.25) is 4.79 Å². The van der Waals surface area contributed by atoms with Crippen LogP contribution < -0.4 is 5.32 Å². The van der Waals surface area contributed by atoms with Crippen molar-refractivity contribution in [1.29, 1.82) is 0 Å². The quantitative estimate of drug-likeness (QED) is 0.616. The van der Waals surface area contributed by atoms with Gasteiger partial charge in [-0.25, -0.2) is 4.39 Å². The number of carbonyl (C=O) groups is 1. The summed E-state index contributed by atoms with van der Waals surface area (Å²) >= 11 is 0. The molecule has 5 heteroatoms. The Labute approximate surface area is 172 Å². The lowest BCUT2D eigenvalue weighted by molar-refractivity contribution is -0.145. The number of allylic oxidation sites excluding steroid dienone is 2. The molecule has 3 heterocycles. The summed E-state index contributed by atoms with van der Waals surface area (Å²) in [7, 11) is 0. The Morgan fingerprint density at radius 2 is 1.90 bits per heavy atom. The highest BCUT2D eigenvalue weighted by Crippen LogP contribution is 2.41. The first-order valence-electron chi connectivity index (χ1n) is 10.3. The number of rotatable bonds is 4. The Hall–Kier alpha value is -2.40. The average Bonchev–Trinajstić information content (AvgIpc) is 2.99. The molecule has 1 aromatic carbocycles. The molecule has 0 bridgehead atoms. The summed E-state index contributed by atoms with van der Waals surface area (Å²) in [6.45, 7) is 11.2. The molecule has 1 atom stereocenters. The third kappa shape index (κ3) is 3.76. The van der Waals surface area contributed by atoms with Gasteiger partial charge in [0.05, 0.1) is 5.54 Å². The summed E-state index contributed by atoms with van der Waals surface area (Å²) in [4.78, 5) is 14.9. The van der Waals surface area contributed by atoms with Crippen LogP contribution in [0.5, 0.6) is 0 Å². The lowest BCUT2D eigenvalue weighted by Gasteiger charge is -2.52. The van der Waals surface area contributed by atoms with E-state index in [4.69, 9.17) is 4.74 Å². The topological polar surface area (TPSA) is 41.6 Å². The minimum Gasteiger partial charge on any atom is -0.381 e. The molecule has 0 radical (unpaired) electrons. The van der Waals surface area contributed by atoms with Crippen LogP contribution >= 0.6 is 0 Å². The fourth-order valence-electron chi connectivity index (χ4n) is 4.81. The zero-order chi connectivity index (χ0) is 20.6. The first-order valence-corrected chi connectivity index (χ1v) is 10.3. The molecule has 2 fully saturated rings. The van der Waals surface area contributed by atoms with Gasteiger partial charge < -0.3 is 15.0 Å². The lowest BCUT2D eigenvalue weighted by atomic mass is 9.73. The molecule has 1 spiro atoms. The molecule has 2 saturated heterocycles. The third-order valence-corrected chi connectivity index (χ3v) is 6.66. The fraction of sp³-hybridized carbons (Fsp3) is 0.458. The minimum atomic E-state index is -0.318. The van der Waals surface area contributed by atoms with Crippen molar-refractivity contribution in [2.75, 3.05) is 26.3 Å². The van der Waals surface area contributed by atoms with Gasteiger partial charge in [0.1, 0.15) is 5.82 Å². The molecule has 1 N–H and O–H groups in total. The molecule has 0 aliphatic carbocycles. The van der Waals surface area contributed by atoms with Crippen LogP contribution in [0.3, 0.4) is 0 Å². The molecule has 4 nitrogen and oxygen atoms in total. The van der Waals surface area contributed by atoms with Crippen LogP contribution in [0.4, 0.5) is 4.39 Å². The minimum absolute atomic E-state index is 0.0489. The molecule has 154 valence electrons. The summed E-state index contributed by atoms with van der Waals surface area (Å²) in [5, 5.41) is 3.53. The van der Waals surface area contributed by atoms with Crippen LogP contribution in [0.1, 0.15) is 38.7 Å². The zero-order valence-electron chi connectivity index (χ0n) is 17.3. The molecule has 3 aliphatic rings. The first-order chi connectivity index (χ1) is 13.8. The number of likely N-dealkylation sites (tertiary alicyclic amines) is 1. The highest BCUT2D eigenvalue weighted by Gasteiger charge is 2.46. The third-order valence-electron chi connectivity index (χ3n) is 6.66. The number of ether oxygens (including phenoxy) is 1. The van der Waals surface area contributed by atoms with Gasteiger partial charge in [0.15, 0.2) is 0 Å². The number of halogens is 1. The number of carbonyl (C=O) groups excluding carboxylic acids is 1. The molecule has 3 aliphatic heterocycles. The average molecular weight is 397 g/mol. The van der Waals surface area contributed by atoms with Gasteiger partial charge in [0, 0.05) is 49.4 Å². The Morgan fingerprint density at radius 1 is 1.24 bits per heavy atom. The molecule has 29 heavy (non-hydrogen) atoms. The molecular weight excluding hydrogens is 367 g/mol. The van der Waals surface area contributed by atoms with Crippen molar-refractivity contribution < 1.29 is 13.9 Å². The van der Waals surface area contributed by atoms with E-state index in [-0.39, 0.29) is 22.7 Å². The largest absolute Gasteiger partial charge is 0.381 e. The molecule has 1 amide bonds. The van der Waals surface area contributed by atoms with Crippen molar-refractivity contribution in [3.8, 4) is 0 Å². The molecule has 0 saturated carbocycles. The monoisotopic (exact) mass is 396 g/mol. The second-order valence-corrected chi connectivity index (χ2v) is 8.87. The van der Waals surface area contributed by atoms with E-state index in [1.54, 1.807) is 6.08 Å². The van der Waals surface area contributed by atoms with Crippen molar-refractivity contribution in [2.45, 2.75) is 38.6 Å². The summed E-state index contributed by atoms with van der Waals surface area (Å²) in [6.07, 6.45) is 6.42. The highest BCUT2D eigenvalue weighted by molar-refractivity contribution is 5.97. The van der Waals surface area contributed by atoms with Gasteiger partial charge in [0.25, 0.3) is 5.91 Å². The van der Waals surface area contributed by atoms with Crippen LogP contribution in [0.2, 0.25) is 0 Å². The van der Waals surface area contributed by atoms with E-state index in [1.165, 1.54) is 12.1 Å². The van der Waals surface area contributed by atoms with Crippen molar-refractivity contribution in [3.63, 3.8) is 0 Å². The first kappa shape index (κ1) is 19.9. The number of nitrogens with zero attached hydrogens (tertiary/aromatic N) is 1. The van der Waals surface area contributed by atoms with Crippen molar-refractivity contribution >= 4 is 5.91 Å². The van der Waals surface area contributed by atoms with Crippen LogP contribution in [0.15, 0.2) is 59.8 Å². The van der Waals surface area contributed by atoms with E-state index in [0.29, 0.717) is 5.57 Å². The van der Waals surface area contributed by atoms with E-state index in [2.05, 4.69) is 18.8 Å². The second kappa shape index (κ2) is 7.45. The second-order valence-electron chi connectivity index (χ2n) is 8.87. The summed E-state index contributed by atoms with van der Waals surface area (Å²) in [5.74, 6) is -0.190. The Balaban J connectivity index is 1.47. The van der Waals surface area contributed by atoms with Crippen molar-refractivity contribution in [3.05, 3.63) is 71.2 Å². The van der Waals surface area contributed by atoms with Crippen LogP contribution in [0.25, 0.3) is 0 Å².